The Kier molecular flexibility index (Phi) is 5.82. The fourth-order valence-electron chi connectivity index (χ4n) is 2.51. The maximum Gasteiger partial charge on any atom is 0.253 e. The number of nitrogens with one attached hydrogen (secondary N) is 2. The number of piperidine rings is 1. The maximum atomic E-state index is 12.4. The van der Waals surface area contributed by atoms with Gasteiger partial charge in [-0.25, -0.2) is 4.98 Å². The summed E-state index contributed by atoms with van der Waals surface area (Å²) in [4.78, 5) is 18.8. The number of aromatic nitrogens is 1. The van der Waals surface area contributed by atoms with Crippen LogP contribution in [-0.4, -0.2) is 48.5 Å². The molecule has 0 aromatic carbocycles. The molecule has 0 radical (unpaired) electrons. The van der Waals surface area contributed by atoms with Crippen molar-refractivity contribution in [3.8, 4) is 0 Å². The molecular formula is C15H23ClN4O. The third-order valence-corrected chi connectivity index (χ3v) is 3.92. The predicted molar refractivity (Wildman–Crippen MR) is 86.0 cm³/mol. The van der Waals surface area contributed by atoms with Gasteiger partial charge in [-0.05, 0) is 38.9 Å². The van der Waals surface area contributed by atoms with Crippen LogP contribution >= 0.6 is 11.6 Å². The van der Waals surface area contributed by atoms with E-state index >= 15 is 0 Å². The Morgan fingerprint density at radius 3 is 3.10 bits per heavy atom. The van der Waals surface area contributed by atoms with E-state index in [1.165, 1.54) is 6.20 Å². The number of halogens is 1. The van der Waals surface area contributed by atoms with Crippen LogP contribution < -0.4 is 10.6 Å². The van der Waals surface area contributed by atoms with Crippen molar-refractivity contribution < 1.29 is 4.79 Å². The number of hydrogen-bond acceptors (Lipinski definition) is 4. The van der Waals surface area contributed by atoms with E-state index < -0.39 is 0 Å². The molecule has 1 fully saturated rings. The Morgan fingerprint density at radius 1 is 1.57 bits per heavy atom. The molecule has 0 aliphatic carbocycles. The highest BCUT2D eigenvalue weighted by Crippen LogP contribution is 2.19. The number of nitrogens with zero attached hydrogens (tertiary/aromatic N) is 2. The van der Waals surface area contributed by atoms with Crippen molar-refractivity contribution in [3.05, 3.63) is 22.8 Å². The number of hydrogen-bond donors (Lipinski definition) is 2. The molecule has 2 N–H and O–H groups in total. The second kappa shape index (κ2) is 7.61. The van der Waals surface area contributed by atoms with E-state index in [-0.39, 0.29) is 11.9 Å². The molecule has 0 saturated carbocycles. The third kappa shape index (κ3) is 4.58. The maximum absolute atomic E-state index is 12.4. The Balaban J connectivity index is 2.03. The van der Waals surface area contributed by atoms with Crippen LogP contribution in [-0.2, 0) is 0 Å². The van der Waals surface area contributed by atoms with Crippen LogP contribution in [0.15, 0.2) is 12.3 Å². The Bertz CT molecular complexity index is 495. The summed E-state index contributed by atoms with van der Waals surface area (Å²) >= 11 is 6.11. The zero-order chi connectivity index (χ0) is 15.2. The van der Waals surface area contributed by atoms with Crippen LogP contribution in [0.1, 0.15) is 36.5 Å². The summed E-state index contributed by atoms with van der Waals surface area (Å²) in [6.07, 6.45) is 4.65. The van der Waals surface area contributed by atoms with Gasteiger partial charge in [-0.1, -0.05) is 18.5 Å². The van der Waals surface area contributed by atoms with Crippen LogP contribution in [0.25, 0.3) is 0 Å². The van der Waals surface area contributed by atoms with E-state index in [1.54, 1.807) is 6.07 Å². The zero-order valence-electron chi connectivity index (χ0n) is 12.7. The topological polar surface area (TPSA) is 57.3 Å². The highest BCUT2D eigenvalue weighted by atomic mass is 35.5. The normalized spacial score (nSPS) is 19.3. The molecule has 1 aliphatic heterocycles. The number of likely N-dealkylation sites (N-methyl/N-ethyl adjacent to an activating group) is 1. The van der Waals surface area contributed by atoms with Crippen molar-refractivity contribution in [1.29, 1.82) is 0 Å². The van der Waals surface area contributed by atoms with Crippen molar-refractivity contribution in [1.82, 2.24) is 15.2 Å². The van der Waals surface area contributed by atoms with E-state index in [9.17, 15) is 4.79 Å². The van der Waals surface area contributed by atoms with E-state index in [4.69, 9.17) is 11.6 Å². The monoisotopic (exact) mass is 310 g/mol. The summed E-state index contributed by atoms with van der Waals surface area (Å²) in [6.45, 7) is 4.88. The average molecular weight is 311 g/mol. The van der Waals surface area contributed by atoms with Crippen molar-refractivity contribution in [2.24, 2.45) is 0 Å². The summed E-state index contributed by atoms with van der Waals surface area (Å²) in [5.41, 5.74) is 0.485. The molecule has 0 spiro atoms. The molecule has 1 saturated heterocycles. The molecule has 21 heavy (non-hydrogen) atoms. The molecule has 1 aromatic heterocycles. The molecule has 116 valence electrons. The molecule has 0 bridgehead atoms. The minimum atomic E-state index is -0.123. The van der Waals surface area contributed by atoms with E-state index in [1.807, 2.05) is 0 Å². The number of likely N-dealkylation sites (tertiary alicyclic amines) is 1. The van der Waals surface area contributed by atoms with Gasteiger partial charge in [0.05, 0.1) is 10.6 Å². The number of amides is 1. The van der Waals surface area contributed by atoms with Crippen molar-refractivity contribution in [3.63, 3.8) is 0 Å². The van der Waals surface area contributed by atoms with Crippen molar-refractivity contribution in [2.45, 2.75) is 32.2 Å². The van der Waals surface area contributed by atoms with Crippen LogP contribution in [0.4, 0.5) is 5.82 Å². The van der Waals surface area contributed by atoms with Crippen molar-refractivity contribution >= 4 is 23.3 Å². The van der Waals surface area contributed by atoms with Crippen LogP contribution in [0.5, 0.6) is 0 Å². The summed E-state index contributed by atoms with van der Waals surface area (Å²) in [7, 11) is 2.07. The highest BCUT2D eigenvalue weighted by Gasteiger charge is 2.21. The second-order valence-electron chi connectivity index (χ2n) is 5.55. The molecule has 5 nitrogen and oxygen atoms in total. The van der Waals surface area contributed by atoms with Gasteiger partial charge < -0.3 is 15.5 Å². The van der Waals surface area contributed by atoms with Gasteiger partial charge in [0.15, 0.2) is 0 Å². The molecule has 1 unspecified atom stereocenters. The van der Waals surface area contributed by atoms with Gasteiger partial charge in [0.2, 0.25) is 0 Å². The largest absolute Gasteiger partial charge is 0.370 e. The smallest absolute Gasteiger partial charge is 0.253 e. The summed E-state index contributed by atoms with van der Waals surface area (Å²) in [5.74, 6) is 0.564. The molecular weight excluding hydrogens is 288 g/mol. The summed E-state index contributed by atoms with van der Waals surface area (Å²) < 4.78 is 0. The lowest BCUT2D eigenvalue weighted by Gasteiger charge is -2.30. The zero-order valence-corrected chi connectivity index (χ0v) is 13.4. The molecule has 1 atom stereocenters. The number of anilines is 1. The molecule has 1 amide bonds. The lowest BCUT2D eigenvalue weighted by atomic mass is 10.1. The standard InChI is InChI=1S/C15H23ClN4O/c1-3-6-17-14-8-12(13(16)9-18-14)15(21)19-11-5-4-7-20(2)10-11/h8-9,11H,3-7,10H2,1-2H3,(H,17,18)(H,19,21). The Labute approximate surface area is 131 Å². The quantitative estimate of drug-likeness (QED) is 0.877. The van der Waals surface area contributed by atoms with Crippen LogP contribution in [0.2, 0.25) is 5.02 Å². The predicted octanol–water partition coefficient (Wildman–Crippen LogP) is 2.38. The van der Waals surface area contributed by atoms with Gasteiger partial charge in [-0.15, -0.1) is 0 Å². The van der Waals surface area contributed by atoms with E-state index in [0.717, 1.165) is 38.9 Å². The SMILES string of the molecule is CCCNc1cc(C(=O)NC2CCCN(C)C2)c(Cl)cn1. The molecule has 1 aliphatic rings. The Hall–Kier alpha value is -1.33. The first-order valence-electron chi connectivity index (χ1n) is 7.49. The first kappa shape index (κ1) is 16.0. The first-order valence-corrected chi connectivity index (χ1v) is 7.86. The Morgan fingerprint density at radius 2 is 2.38 bits per heavy atom. The molecule has 6 heteroatoms. The second-order valence-corrected chi connectivity index (χ2v) is 5.96. The van der Waals surface area contributed by atoms with Gasteiger partial charge in [0.1, 0.15) is 5.82 Å². The number of carbonyl (C=O) groups is 1. The van der Waals surface area contributed by atoms with E-state index in [0.29, 0.717) is 16.4 Å². The lowest BCUT2D eigenvalue weighted by Crippen LogP contribution is -2.46. The van der Waals surface area contributed by atoms with Gasteiger partial charge >= 0.3 is 0 Å². The van der Waals surface area contributed by atoms with Crippen molar-refractivity contribution in [2.75, 3.05) is 32.0 Å². The van der Waals surface area contributed by atoms with Gasteiger partial charge in [-0.3, -0.25) is 4.79 Å². The minimum Gasteiger partial charge on any atom is -0.370 e. The molecule has 2 heterocycles. The lowest BCUT2D eigenvalue weighted by molar-refractivity contribution is 0.0912. The fraction of sp³-hybridized carbons (Fsp3) is 0.600. The third-order valence-electron chi connectivity index (χ3n) is 3.62. The summed E-state index contributed by atoms with van der Waals surface area (Å²) in [5, 5.41) is 6.63. The summed E-state index contributed by atoms with van der Waals surface area (Å²) in [6, 6.07) is 1.91. The number of carbonyl (C=O) groups excluding carboxylic acids is 1. The van der Waals surface area contributed by atoms with Crippen LogP contribution in [0.3, 0.4) is 0 Å². The van der Waals surface area contributed by atoms with E-state index in [2.05, 4.69) is 34.5 Å². The highest BCUT2D eigenvalue weighted by molar-refractivity contribution is 6.33. The number of pyridine rings is 1. The average Bonchev–Trinajstić information content (AvgIpc) is 2.46. The van der Waals surface area contributed by atoms with Crippen LogP contribution in [0, 0.1) is 0 Å². The fourth-order valence-corrected chi connectivity index (χ4v) is 2.70. The first-order chi connectivity index (χ1) is 10.1. The minimum absolute atomic E-state index is 0.123. The van der Waals surface area contributed by atoms with Gasteiger partial charge in [0.25, 0.3) is 5.91 Å². The number of rotatable bonds is 5. The molecule has 2 rings (SSSR count). The molecule has 1 aromatic rings. The van der Waals surface area contributed by atoms with Gasteiger partial charge in [-0.2, -0.15) is 0 Å². The van der Waals surface area contributed by atoms with Gasteiger partial charge in [0, 0.05) is 25.3 Å².